The van der Waals surface area contributed by atoms with Crippen molar-refractivity contribution in [2.24, 2.45) is 5.92 Å². The van der Waals surface area contributed by atoms with Gasteiger partial charge in [-0.25, -0.2) is 0 Å². The number of hydrogen-bond acceptors (Lipinski definition) is 4. The molecule has 0 aromatic heterocycles. The van der Waals surface area contributed by atoms with Crippen LogP contribution in [0.25, 0.3) is 0 Å². The summed E-state index contributed by atoms with van der Waals surface area (Å²) in [5.41, 5.74) is 0. The van der Waals surface area contributed by atoms with Crippen LogP contribution in [0.3, 0.4) is 0 Å². The molecule has 0 bridgehead atoms. The van der Waals surface area contributed by atoms with Crippen molar-refractivity contribution in [3.05, 3.63) is 0 Å². The van der Waals surface area contributed by atoms with Crippen LogP contribution in [0.15, 0.2) is 0 Å². The highest BCUT2D eigenvalue weighted by Crippen LogP contribution is 2.13. The number of carbonyl (C=O) groups is 2. The third kappa shape index (κ3) is 5.14. The molecule has 0 aliphatic carbocycles. The molecule has 0 aromatic carbocycles. The van der Waals surface area contributed by atoms with E-state index in [9.17, 15) is 9.59 Å². The third-order valence-electron chi connectivity index (χ3n) is 2.72. The zero-order valence-corrected chi connectivity index (χ0v) is 10.1. The number of rotatable bonds is 6. The average Bonchev–Trinajstić information content (AvgIpc) is 2.30. The third-order valence-corrected chi connectivity index (χ3v) is 2.72. The normalized spacial score (nSPS) is 24.3. The molecule has 0 radical (unpaired) electrons. The maximum Gasteiger partial charge on any atom is 0.307 e. The number of piperidine rings is 1. The molecule has 0 aromatic rings. The first kappa shape index (κ1) is 13.9. The lowest BCUT2D eigenvalue weighted by Crippen LogP contribution is -2.43. The summed E-state index contributed by atoms with van der Waals surface area (Å²) in [5, 5.41) is 14.6. The molecular formula is C11H20N2O4. The van der Waals surface area contributed by atoms with Gasteiger partial charge in [0.25, 0.3) is 0 Å². The van der Waals surface area contributed by atoms with Gasteiger partial charge in [0, 0.05) is 26.1 Å². The van der Waals surface area contributed by atoms with E-state index < -0.39 is 11.9 Å². The summed E-state index contributed by atoms with van der Waals surface area (Å²) >= 11 is 0. The van der Waals surface area contributed by atoms with Crippen LogP contribution in [0, 0.1) is 5.92 Å². The Morgan fingerprint density at radius 2 is 2.24 bits per heavy atom. The predicted molar refractivity (Wildman–Crippen MR) is 61.7 cm³/mol. The second kappa shape index (κ2) is 7.24. The fourth-order valence-electron chi connectivity index (χ4n) is 1.82. The highest BCUT2D eigenvalue weighted by molar-refractivity contribution is 5.75. The zero-order valence-electron chi connectivity index (χ0n) is 10.1. The number of carboxylic acids is 1. The highest BCUT2D eigenvalue weighted by Gasteiger charge is 2.27. The van der Waals surface area contributed by atoms with E-state index >= 15 is 0 Å². The smallest absolute Gasteiger partial charge is 0.307 e. The molecule has 17 heavy (non-hydrogen) atoms. The Bertz CT molecular complexity index is 270. The van der Waals surface area contributed by atoms with Crippen molar-refractivity contribution < 1.29 is 19.4 Å². The van der Waals surface area contributed by atoms with Crippen molar-refractivity contribution in [1.29, 1.82) is 0 Å². The van der Waals surface area contributed by atoms with Gasteiger partial charge in [0.2, 0.25) is 5.91 Å². The standard InChI is InChI=1S/C11H20N2O4/c1-2-13-10(14)3-4-17-9-5-8(11(15)16)6-12-7-9/h8-9,12H,2-7H2,1H3,(H,13,14)(H,15,16). The molecule has 1 rings (SSSR count). The van der Waals surface area contributed by atoms with Gasteiger partial charge in [0.15, 0.2) is 0 Å². The van der Waals surface area contributed by atoms with E-state index in [4.69, 9.17) is 9.84 Å². The maximum absolute atomic E-state index is 11.2. The van der Waals surface area contributed by atoms with Gasteiger partial charge in [-0.2, -0.15) is 0 Å². The first-order chi connectivity index (χ1) is 8.13. The van der Waals surface area contributed by atoms with E-state index in [0.29, 0.717) is 39.1 Å². The fraction of sp³-hybridized carbons (Fsp3) is 0.818. The minimum Gasteiger partial charge on any atom is -0.481 e. The largest absolute Gasteiger partial charge is 0.481 e. The Labute approximate surface area is 101 Å². The summed E-state index contributed by atoms with van der Waals surface area (Å²) in [6.45, 7) is 3.96. The molecule has 1 saturated heterocycles. The van der Waals surface area contributed by atoms with Gasteiger partial charge < -0.3 is 20.5 Å². The summed E-state index contributed by atoms with van der Waals surface area (Å²) in [5.74, 6) is -1.22. The lowest BCUT2D eigenvalue weighted by atomic mass is 9.98. The zero-order chi connectivity index (χ0) is 12.7. The van der Waals surface area contributed by atoms with Crippen molar-refractivity contribution in [1.82, 2.24) is 10.6 Å². The van der Waals surface area contributed by atoms with Crippen LogP contribution in [-0.4, -0.2) is 49.3 Å². The predicted octanol–water partition coefficient (Wildman–Crippen LogP) is -0.408. The molecule has 6 heteroatoms. The molecule has 3 N–H and O–H groups in total. The molecule has 2 unspecified atom stereocenters. The summed E-state index contributed by atoms with van der Waals surface area (Å²) in [7, 11) is 0. The van der Waals surface area contributed by atoms with Crippen molar-refractivity contribution in [3.8, 4) is 0 Å². The second-order valence-electron chi connectivity index (χ2n) is 4.13. The molecule has 6 nitrogen and oxygen atoms in total. The molecule has 1 fully saturated rings. The summed E-state index contributed by atoms with van der Waals surface area (Å²) < 4.78 is 5.49. The minimum atomic E-state index is -0.797. The number of carbonyl (C=O) groups excluding carboxylic acids is 1. The molecule has 2 atom stereocenters. The SMILES string of the molecule is CCNC(=O)CCOC1CNCC(C(=O)O)C1. The quantitative estimate of drug-likeness (QED) is 0.591. The molecule has 1 aliphatic rings. The number of ether oxygens (including phenoxy) is 1. The van der Waals surface area contributed by atoms with Gasteiger partial charge >= 0.3 is 5.97 Å². The van der Waals surface area contributed by atoms with E-state index in [1.807, 2.05) is 6.92 Å². The van der Waals surface area contributed by atoms with Gasteiger partial charge in [-0.3, -0.25) is 9.59 Å². The van der Waals surface area contributed by atoms with Crippen LogP contribution in [0.5, 0.6) is 0 Å². The Balaban J connectivity index is 2.18. The van der Waals surface area contributed by atoms with Crippen molar-refractivity contribution in [2.45, 2.75) is 25.9 Å². The van der Waals surface area contributed by atoms with E-state index in [1.54, 1.807) is 0 Å². The van der Waals surface area contributed by atoms with Crippen molar-refractivity contribution in [2.75, 3.05) is 26.2 Å². The summed E-state index contributed by atoms with van der Waals surface area (Å²) in [4.78, 5) is 22.0. The van der Waals surface area contributed by atoms with Crippen LogP contribution < -0.4 is 10.6 Å². The molecule has 1 amide bonds. The van der Waals surface area contributed by atoms with Gasteiger partial charge in [0.05, 0.1) is 18.6 Å². The van der Waals surface area contributed by atoms with Crippen LogP contribution in [-0.2, 0) is 14.3 Å². The maximum atomic E-state index is 11.2. The summed E-state index contributed by atoms with van der Waals surface area (Å²) in [6, 6.07) is 0. The molecule has 98 valence electrons. The minimum absolute atomic E-state index is 0.0361. The number of carboxylic acid groups (broad SMARTS) is 1. The van der Waals surface area contributed by atoms with Crippen LogP contribution in [0.2, 0.25) is 0 Å². The van der Waals surface area contributed by atoms with Crippen LogP contribution >= 0.6 is 0 Å². The Kier molecular flexibility index (Phi) is 5.93. The number of nitrogens with one attached hydrogen (secondary N) is 2. The second-order valence-corrected chi connectivity index (χ2v) is 4.13. The first-order valence-electron chi connectivity index (χ1n) is 5.95. The number of hydrogen-bond donors (Lipinski definition) is 3. The fourth-order valence-corrected chi connectivity index (χ4v) is 1.82. The monoisotopic (exact) mass is 244 g/mol. The topological polar surface area (TPSA) is 87.7 Å². The number of aliphatic carboxylic acids is 1. The van der Waals surface area contributed by atoms with E-state index in [0.717, 1.165) is 0 Å². The number of amides is 1. The molecule has 0 spiro atoms. The van der Waals surface area contributed by atoms with Gasteiger partial charge in [0.1, 0.15) is 0 Å². The van der Waals surface area contributed by atoms with E-state index in [1.165, 1.54) is 0 Å². The van der Waals surface area contributed by atoms with Gasteiger partial charge in [-0.05, 0) is 13.3 Å². The summed E-state index contributed by atoms with van der Waals surface area (Å²) in [6.07, 6.45) is 0.721. The Morgan fingerprint density at radius 3 is 2.88 bits per heavy atom. The average molecular weight is 244 g/mol. The van der Waals surface area contributed by atoms with E-state index in [-0.39, 0.29) is 12.0 Å². The lowest BCUT2D eigenvalue weighted by molar-refractivity contribution is -0.144. The lowest BCUT2D eigenvalue weighted by Gasteiger charge is -2.27. The first-order valence-corrected chi connectivity index (χ1v) is 5.95. The van der Waals surface area contributed by atoms with E-state index in [2.05, 4.69) is 10.6 Å². The van der Waals surface area contributed by atoms with Crippen LogP contribution in [0.1, 0.15) is 19.8 Å². The molecule has 0 saturated carbocycles. The van der Waals surface area contributed by atoms with Crippen molar-refractivity contribution in [3.63, 3.8) is 0 Å². The van der Waals surface area contributed by atoms with Gasteiger partial charge in [-0.15, -0.1) is 0 Å². The Hall–Kier alpha value is -1.14. The highest BCUT2D eigenvalue weighted by atomic mass is 16.5. The Morgan fingerprint density at radius 1 is 1.47 bits per heavy atom. The molecule has 1 aliphatic heterocycles. The molecule has 1 heterocycles. The van der Waals surface area contributed by atoms with Crippen LogP contribution in [0.4, 0.5) is 0 Å². The van der Waals surface area contributed by atoms with Crippen molar-refractivity contribution >= 4 is 11.9 Å². The van der Waals surface area contributed by atoms with Gasteiger partial charge in [-0.1, -0.05) is 0 Å². The molecular weight excluding hydrogens is 224 g/mol.